The Labute approximate surface area is 217 Å². The SMILES string of the molecule is C=C/C(=C\c1c(C)nc(C)n1C(C)C)c1cc(Nc2ncc(CN3CC4CCNC4C3)cn2)ncc1F. The predicted octanol–water partition coefficient (Wildman–Crippen LogP) is 4.67. The van der Waals surface area contributed by atoms with Gasteiger partial charge in [0.2, 0.25) is 5.95 Å². The van der Waals surface area contributed by atoms with E-state index >= 15 is 0 Å². The number of nitrogens with one attached hydrogen (secondary N) is 2. The second-order valence-electron chi connectivity index (χ2n) is 10.3. The minimum Gasteiger partial charge on any atom is -0.326 e. The van der Waals surface area contributed by atoms with Crippen LogP contribution in [0.15, 0.2) is 37.3 Å². The number of anilines is 2. The number of allylic oxidation sites excluding steroid dienone is 2. The second-order valence-corrected chi connectivity index (χ2v) is 10.3. The number of aromatic nitrogens is 5. The van der Waals surface area contributed by atoms with E-state index in [1.807, 2.05) is 32.3 Å². The van der Waals surface area contributed by atoms with Crippen LogP contribution in [0.2, 0.25) is 0 Å². The van der Waals surface area contributed by atoms with Gasteiger partial charge in [-0.1, -0.05) is 12.7 Å². The Morgan fingerprint density at radius 3 is 2.70 bits per heavy atom. The molecule has 0 aliphatic carbocycles. The molecule has 2 atom stereocenters. The molecule has 8 nitrogen and oxygen atoms in total. The fourth-order valence-electron chi connectivity index (χ4n) is 5.59. The summed E-state index contributed by atoms with van der Waals surface area (Å²) >= 11 is 0. The first-order valence-electron chi connectivity index (χ1n) is 12.9. The van der Waals surface area contributed by atoms with Crippen molar-refractivity contribution in [3.8, 4) is 0 Å². The van der Waals surface area contributed by atoms with Gasteiger partial charge in [-0.15, -0.1) is 0 Å². The van der Waals surface area contributed by atoms with Gasteiger partial charge in [0.15, 0.2) is 0 Å². The van der Waals surface area contributed by atoms with Crippen molar-refractivity contribution in [1.82, 2.24) is 34.7 Å². The van der Waals surface area contributed by atoms with E-state index in [9.17, 15) is 4.39 Å². The van der Waals surface area contributed by atoms with E-state index in [1.54, 1.807) is 12.1 Å². The molecule has 5 rings (SSSR count). The van der Waals surface area contributed by atoms with Crippen molar-refractivity contribution in [1.29, 1.82) is 0 Å². The Morgan fingerprint density at radius 2 is 2.00 bits per heavy atom. The monoisotopic (exact) mass is 502 g/mol. The first kappa shape index (κ1) is 25.2. The van der Waals surface area contributed by atoms with E-state index in [1.165, 1.54) is 12.6 Å². The highest BCUT2D eigenvalue weighted by atomic mass is 19.1. The first-order valence-corrected chi connectivity index (χ1v) is 12.9. The molecule has 3 aromatic rings. The quantitative estimate of drug-likeness (QED) is 0.433. The van der Waals surface area contributed by atoms with E-state index in [2.05, 4.69) is 60.5 Å². The molecule has 2 saturated heterocycles. The van der Waals surface area contributed by atoms with E-state index in [-0.39, 0.29) is 6.04 Å². The highest BCUT2D eigenvalue weighted by Crippen LogP contribution is 2.28. The van der Waals surface area contributed by atoms with Crippen molar-refractivity contribution in [3.63, 3.8) is 0 Å². The molecule has 0 radical (unpaired) electrons. The molecule has 5 heterocycles. The molecule has 2 unspecified atom stereocenters. The Hall–Kier alpha value is -3.43. The lowest BCUT2D eigenvalue weighted by atomic mass is 10.0. The molecule has 194 valence electrons. The molecule has 0 amide bonds. The maximum Gasteiger partial charge on any atom is 0.228 e. The number of pyridine rings is 1. The third-order valence-electron chi connectivity index (χ3n) is 7.29. The van der Waals surface area contributed by atoms with Crippen LogP contribution in [0.25, 0.3) is 11.6 Å². The van der Waals surface area contributed by atoms with Gasteiger partial charge in [0, 0.05) is 55.2 Å². The molecule has 2 aliphatic rings. The summed E-state index contributed by atoms with van der Waals surface area (Å²) in [5, 5.41) is 6.70. The van der Waals surface area contributed by atoms with Crippen molar-refractivity contribution < 1.29 is 4.39 Å². The van der Waals surface area contributed by atoms with Crippen LogP contribution in [0.5, 0.6) is 0 Å². The zero-order chi connectivity index (χ0) is 26.1. The average Bonchev–Trinajstić information content (AvgIpc) is 3.53. The maximum atomic E-state index is 14.9. The number of aryl methyl sites for hydroxylation is 2. The fourth-order valence-corrected chi connectivity index (χ4v) is 5.59. The van der Waals surface area contributed by atoms with Gasteiger partial charge in [0.25, 0.3) is 0 Å². The first-order chi connectivity index (χ1) is 17.8. The van der Waals surface area contributed by atoms with Gasteiger partial charge in [0.05, 0.1) is 17.6 Å². The third-order valence-corrected chi connectivity index (χ3v) is 7.29. The third kappa shape index (κ3) is 5.33. The molecular weight excluding hydrogens is 467 g/mol. The van der Waals surface area contributed by atoms with Crippen LogP contribution in [-0.2, 0) is 6.54 Å². The molecule has 0 bridgehead atoms. The summed E-state index contributed by atoms with van der Waals surface area (Å²) < 4.78 is 17.0. The largest absolute Gasteiger partial charge is 0.326 e. The number of hydrogen-bond donors (Lipinski definition) is 2. The number of rotatable bonds is 8. The maximum absolute atomic E-state index is 14.9. The zero-order valence-corrected chi connectivity index (χ0v) is 22.0. The van der Waals surface area contributed by atoms with Crippen molar-refractivity contribution in [2.75, 3.05) is 25.0 Å². The van der Waals surface area contributed by atoms with Gasteiger partial charge in [-0.3, -0.25) is 4.90 Å². The van der Waals surface area contributed by atoms with Crippen LogP contribution >= 0.6 is 0 Å². The number of nitrogens with zero attached hydrogens (tertiary/aromatic N) is 6. The molecule has 0 spiro atoms. The summed E-state index contributed by atoms with van der Waals surface area (Å²) in [6.45, 7) is 16.2. The fraction of sp³-hybridized carbons (Fsp3) is 0.429. The Morgan fingerprint density at radius 1 is 1.22 bits per heavy atom. The number of fused-ring (bicyclic) bond motifs is 1. The van der Waals surface area contributed by atoms with Gasteiger partial charge >= 0.3 is 0 Å². The lowest BCUT2D eigenvalue weighted by Crippen LogP contribution is -2.29. The molecule has 0 saturated carbocycles. The molecule has 9 heteroatoms. The Bertz CT molecular complexity index is 1300. The minimum absolute atomic E-state index is 0.222. The Balaban J connectivity index is 1.32. The van der Waals surface area contributed by atoms with Gasteiger partial charge in [-0.05, 0) is 64.3 Å². The predicted molar refractivity (Wildman–Crippen MR) is 145 cm³/mol. The van der Waals surface area contributed by atoms with Gasteiger partial charge in [-0.25, -0.2) is 24.3 Å². The molecule has 2 N–H and O–H groups in total. The van der Waals surface area contributed by atoms with Crippen LogP contribution in [0, 0.1) is 25.6 Å². The molecule has 37 heavy (non-hydrogen) atoms. The van der Waals surface area contributed by atoms with E-state index in [0.717, 1.165) is 54.9 Å². The van der Waals surface area contributed by atoms with E-state index in [0.29, 0.717) is 28.9 Å². The summed E-state index contributed by atoms with van der Waals surface area (Å²) in [6, 6.07) is 2.50. The van der Waals surface area contributed by atoms with Gasteiger partial charge in [0.1, 0.15) is 17.5 Å². The zero-order valence-electron chi connectivity index (χ0n) is 22.0. The topological polar surface area (TPSA) is 83.8 Å². The highest BCUT2D eigenvalue weighted by Gasteiger charge is 2.35. The van der Waals surface area contributed by atoms with E-state index in [4.69, 9.17) is 0 Å². The number of hydrogen-bond acceptors (Lipinski definition) is 7. The normalized spacial score (nSPS) is 20.0. The lowest BCUT2D eigenvalue weighted by Gasteiger charge is -2.16. The number of halogens is 1. The van der Waals surface area contributed by atoms with Crippen LogP contribution < -0.4 is 10.6 Å². The summed E-state index contributed by atoms with van der Waals surface area (Å²) in [4.78, 5) is 20.2. The molecular formula is C28H35FN8. The minimum atomic E-state index is -0.428. The van der Waals surface area contributed by atoms with Crippen LogP contribution in [0.3, 0.4) is 0 Å². The average molecular weight is 503 g/mol. The smallest absolute Gasteiger partial charge is 0.228 e. The summed E-state index contributed by atoms with van der Waals surface area (Å²) in [5.74, 6) is 2.13. The van der Waals surface area contributed by atoms with Crippen molar-refractivity contribution >= 4 is 23.4 Å². The second kappa shape index (κ2) is 10.5. The van der Waals surface area contributed by atoms with E-state index < -0.39 is 5.82 Å². The summed E-state index contributed by atoms with van der Waals surface area (Å²) in [6.07, 6.45) is 9.74. The standard InChI is InChI=1S/C28H35FN8/c1-6-21(9-26-18(4)34-19(5)37(26)17(2)3)23-10-27(31-13-24(23)29)35-28-32-11-20(12-33-28)14-36-15-22-7-8-30-25(22)16-36/h6,9-13,17,22,25,30H,1,7-8,14-16H2,2-5H3,(H,31,32,33,35)/b21-9+. The number of imidazole rings is 1. The molecule has 3 aromatic heterocycles. The lowest BCUT2D eigenvalue weighted by molar-refractivity contribution is 0.306. The van der Waals surface area contributed by atoms with Crippen molar-refractivity contribution in [3.05, 3.63) is 71.5 Å². The Kier molecular flexibility index (Phi) is 7.17. The molecule has 2 aliphatic heterocycles. The highest BCUT2D eigenvalue weighted by molar-refractivity contribution is 5.88. The van der Waals surface area contributed by atoms with Crippen LogP contribution in [0.4, 0.5) is 16.2 Å². The summed E-state index contributed by atoms with van der Waals surface area (Å²) in [7, 11) is 0. The van der Waals surface area contributed by atoms with Crippen LogP contribution in [0.1, 0.15) is 54.6 Å². The molecule has 2 fully saturated rings. The van der Waals surface area contributed by atoms with Gasteiger partial charge < -0.3 is 15.2 Å². The summed E-state index contributed by atoms with van der Waals surface area (Å²) in [5.41, 5.74) is 3.94. The van der Waals surface area contributed by atoms with Crippen LogP contribution in [-0.4, -0.2) is 55.1 Å². The van der Waals surface area contributed by atoms with Crippen molar-refractivity contribution in [2.24, 2.45) is 5.92 Å². The molecule has 0 aromatic carbocycles. The number of likely N-dealkylation sites (tertiary alicyclic amines) is 1. The van der Waals surface area contributed by atoms with Crippen molar-refractivity contribution in [2.45, 2.75) is 52.7 Å². The van der Waals surface area contributed by atoms with Gasteiger partial charge in [-0.2, -0.15) is 0 Å².